The smallest absolute Gasteiger partial charge is 0.252 e. The first-order valence-electron chi connectivity index (χ1n) is 8.53. The fourth-order valence-corrected chi connectivity index (χ4v) is 4.41. The predicted octanol–water partition coefficient (Wildman–Crippen LogP) is 5.21. The van der Waals surface area contributed by atoms with E-state index in [2.05, 4.69) is 21.2 Å². The summed E-state index contributed by atoms with van der Waals surface area (Å²) < 4.78 is 6.70. The molecule has 1 aliphatic heterocycles. The van der Waals surface area contributed by atoms with E-state index in [-0.39, 0.29) is 11.9 Å². The Labute approximate surface area is 161 Å². The van der Waals surface area contributed by atoms with Crippen LogP contribution in [-0.2, 0) is 4.74 Å². The standard InChI is InChI=1S/C20H22BrNO2S/c1-14(15-6-4-7-16(21)12-15)22-20(23)18-9-2-3-10-19(18)25-13-17-8-5-11-24-17/h2-4,6-7,9-10,12,14,17H,5,8,11,13H2,1H3,(H,22,23). The molecule has 1 N–H and O–H groups in total. The minimum atomic E-state index is -0.0544. The van der Waals surface area contributed by atoms with Crippen LogP contribution < -0.4 is 5.32 Å². The van der Waals surface area contributed by atoms with Crippen LogP contribution in [0.3, 0.4) is 0 Å². The molecule has 3 nitrogen and oxygen atoms in total. The number of nitrogens with one attached hydrogen (secondary N) is 1. The Morgan fingerprint density at radius 2 is 2.16 bits per heavy atom. The predicted molar refractivity (Wildman–Crippen MR) is 106 cm³/mol. The number of hydrogen-bond acceptors (Lipinski definition) is 3. The van der Waals surface area contributed by atoms with Crippen molar-refractivity contribution in [2.24, 2.45) is 0 Å². The monoisotopic (exact) mass is 419 g/mol. The van der Waals surface area contributed by atoms with Crippen LogP contribution in [0.5, 0.6) is 0 Å². The summed E-state index contributed by atoms with van der Waals surface area (Å²) in [7, 11) is 0. The summed E-state index contributed by atoms with van der Waals surface area (Å²) in [5.74, 6) is 0.855. The van der Waals surface area contributed by atoms with Crippen LogP contribution in [0.4, 0.5) is 0 Å². The lowest BCUT2D eigenvalue weighted by Crippen LogP contribution is -2.27. The number of hydrogen-bond donors (Lipinski definition) is 1. The fraction of sp³-hybridized carbons (Fsp3) is 0.350. The Hall–Kier alpha value is -1.30. The second-order valence-electron chi connectivity index (χ2n) is 6.19. The van der Waals surface area contributed by atoms with Crippen molar-refractivity contribution < 1.29 is 9.53 Å². The zero-order chi connectivity index (χ0) is 17.6. The van der Waals surface area contributed by atoms with Crippen LogP contribution in [-0.4, -0.2) is 24.4 Å². The van der Waals surface area contributed by atoms with E-state index in [0.717, 1.165) is 45.7 Å². The van der Waals surface area contributed by atoms with Gasteiger partial charge in [-0.2, -0.15) is 0 Å². The Bertz CT molecular complexity index is 731. The van der Waals surface area contributed by atoms with E-state index >= 15 is 0 Å². The first-order chi connectivity index (χ1) is 12.1. The summed E-state index contributed by atoms with van der Waals surface area (Å²) >= 11 is 5.18. The molecule has 2 aromatic carbocycles. The molecular weight excluding hydrogens is 398 g/mol. The maximum atomic E-state index is 12.8. The average Bonchev–Trinajstić information content (AvgIpc) is 3.13. The van der Waals surface area contributed by atoms with Crippen LogP contribution in [0, 0.1) is 0 Å². The van der Waals surface area contributed by atoms with E-state index in [1.165, 1.54) is 0 Å². The van der Waals surface area contributed by atoms with Gasteiger partial charge in [0.2, 0.25) is 0 Å². The van der Waals surface area contributed by atoms with Gasteiger partial charge in [0.15, 0.2) is 0 Å². The molecule has 1 saturated heterocycles. The number of thioether (sulfide) groups is 1. The van der Waals surface area contributed by atoms with Gasteiger partial charge in [0.25, 0.3) is 5.91 Å². The number of halogens is 1. The van der Waals surface area contributed by atoms with Gasteiger partial charge in [0.05, 0.1) is 17.7 Å². The lowest BCUT2D eigenvalue weighted by molar-refractivity contribution is 0.0936. The van der Waals surface area contributed by atoms with Crippen molar-refractivity contribution in [1.29, 1.82) is 0 Å². The molecule has 1 fully saturated rings. The van der Waals surface area contributed by atoms with Crippen LogP contribution in [0.2, 0.25) is 0 Å². The summed E-state index contributed by atoms with van der Waals surface area (Å²) in [5, 5.41) is 3.10. The molecule has 132 valence electrons. The molecule has 0 radical (unpaired) electrons. The molecule has 1 aliphatic rings. The maximum Gasteiger partial charge on any atom is 0.252 e. The lowest BCUT2D eigenvalue weighted by atomic mass is 10.1. The zero-order valence-electron chi connectivity index (χ0n) is 14.2. The maximum absolute atomic E-state index is 12.8. The highest BCUT2D eigenvalue weighted by Gasteiger charge is 2.19. The summed E-state index contributed by atoms with van der Waals surface area (Å²) in [5.41, 5.74) is 1.81. The third-order valence-electron chi connectivity index (χ3n) is 4.28. The highest BCUT2D eigenvalue weighted by molar-refractivity contribution is 9.10. The molecule has 25 heavy (non-hydrogen) atoms. The van der Waals surface area contributed by atoms with E-state index in [4.69, 9.17) is 4.74 Å². The van der Waals surface area contributed by atoms with Crippen molar-refractivity contribution in [3.8, 4) is 0 Å². The van der Waals surface area contributed by atoms with Crippen molar-refractivity contribution in [1.82, 2.24) is 5.32 Å². The number of amides is 1. The van der Waals surface area contributed by atoms with Gasteiger partial charge < -0.3 is 10.1 Å². The van der Waals surface area contributed by atoms with Crippen molar-refractivity contribution in [2.45, 2.75) is 36.8 Å². The zero-order valence-corrected chi connectivity index (χ0v) is 16.6. The second-order valence-corrected chi connectivity index (χ2v) is 8.17. The van der Waals surface area contributed by atoms with Gasteiger partial charge in [-0.15, -0.1) is 11.8 Å². The number of carbonyl (C=O) groups excluding carboxylic acids is 1. The van der Waals surface area contributed by atoms with Crippen LogP contribution >= 0.6 is 27.7 Å². The SMILES string of the molecule is CC(NC(=O)c1ccccc1SCC1CCCO1)c1cccc(Br)c1. The molecule has 2 aromatic rings. The quantitative estimate of drug-likeness (QED) is 0.652. The van der Waals surface area contributed by atoms with Gasteiger partial charge in [-0.3, -0.25) is 4.79 Å². The normalized spacial score (nSPS) is 18.1. The minimum absolute atomic E-state index is 0.0390. The van der Waals surface area contributed by atoms with Gasteiger partial charge in [-0.05, 0) is 49.6 Å². The topological polar surface area (TPSA) is 38.3 Å². The Morgan fingerprint density at radius 1 is 1.32 bits per heavy atom. The van der Waals surface area contributed by atoms with E-state index < -0.39 is 0 Å². The first kappa shape index (κ1) is 18.5. The van der Waals surface area contributed by atoms with Gasteiger partial charge in [0.1, 0.15) is 0 Å². The first-order valence-corrected chi connectivity index (χ1v) is 10.3. The van der Waals surface area contributed by atoms with Gasteiger partial charge >= 0.3 is 0 Å². The third kappa shape index (κ3) is 5.09. The summed E-state index contributed by atoms with van der Waals surface area (Å²) in [4.78, 5) is 13.8. The minimum Gasteiger partial charge on any atom is -0.377 e. The molecule has 0 spiro atoms. The molecule has 1 amide bonds. The molecule has 5 heteroatoms. The Balaban J connectivity index is 1.66. The lowest BCUT2D eigenvalue weighted by Gasteiger charge is -2.17. The number of carbonyl (C=O) groups is 1. The summed E-state index contributed by atoms with van der Waals surface area (Å²) in [6, 6.07) is 15.8. The van der Waals surface area contributed by atoms with Gasteiger partial charge in [-0.1, -0.05) is 40.2 Å². The molecular formula is C20H22BrNO2S. The van der Waals surface area contributed by atoms with Crippen LogP contribution in [0.15, 0.2) is 57.9 Å². The van der Waals surface area contributed by atoms with Crippen LogP contribution in [0.1, 0.15) is 41.7 Å². The van der Waals surface area contributed by atoms with Gasteiger partial charge in [-0.25, -0.2) is 0 Å². The van der Waals surface area contributed by atoms with E-state index in [9.17, 15) is 4.79 Å². The Kier molecular flexibility index (Phi) is 6.57. The van der Waals surface area contributed by atoms with Crippen molar-refractivity contribution in [3.05, 3.63) is 64.1 Å². The van der Waals surface area contributed by atoms with Gasteiger partial charge in [0, 0.05) is 21.7 Å². The molecule has 3 rings (SSSR count). The third-order valence-corrected chi connectivity index (χ3v) is 5.98. The Morgan fingerprint density at radius 3 is 2.92 bits per heavy atom. The highest BCUT2D eigenvalue weighted by atomic mass is 79.9. The van der Waals surface area contributed by atoms with Crippen molar-refractivity contribution in [2.75, 3.05) is 12.4 Å². The number of benzene rings is 2. The molecule has 0 saturated carbocycles. The van der Waals surface area contributed by atoms with E-state index in [1.807, 2.05) is 55.5 Å². The molecule has 0 aliphatic carbocycles. The van der Waals surface area contributed by atoms with Crippen molar-refractivity contribution >= 4 is 33.6 Å². The number of ether oxygens (including phenoxy) is 1. The summed E-state index contributed by atoms with van der Waals surface area (Å²) in [6.07, 6.45) is 2.56. The second kappa shape index (κ2) is 8.88. The fourth-order valence-electron chi connectivity index (χ4n) is 2.87. The summed E-state index contributed by atoms with van der Waals surface area (Å²) in [6.45, 7) is 2.86. The van der Waals surface area contributed by atoms with E-state index in [0.29, 0.717) is 6.10 Å². The van der Waals surface area contributed by atoms with E-state index in [1.54, 1.807) is 11.8 Å². The van der Waals surface area contributed by atoms with Crippen LogP contribution in [0.25, 0.3) is 0 Å². The molecule has 2 unspecified atom stereocenters. The molecule has 0 aromatic heterocycles. The molecule has 2 atom stereocenters. The highest BCUT2D eigenvalue weighted by Crippen LogP contribution is 2.27. The number of rotatable bonds is 6. The largest absolute Gasteiger partial charge is 0.377 e. The van der Waals surface area contributed by atoms with Crippen molar-refractivity contribution in [3.63, 3.8) is 0 Å². The average molecular weight is 420 g/mol. The molecule has 1 heterocycles. The molecule has 0 bridgehead atoms.